The molecular weight excluding hydrogens is 292 g/mol. The summed E-state index contributed by atoms with van der Waals surface area (Å²) in [5.74, 6) is -3.65. The summed E-state index contributed by atoms with van der Waals surface area (Å²) in [6.45, 7) is 2.62. The zero-order valence-corrected chi connectivity index (χ0v) is 12.0. The second-order valence-corrected chi connectivity index (χ2v) is 4.65. The number of amides is 2. The van der Waals surface area contributed by atoms with Crippen LogP contribution in [-0.2, 0) is 9.59 Å². The highest BCUT2D eigenvalue weighted by atomic mass is 16.4. The molecule has 2 atom stereocenters. The fraction of sp³-hybridized carbons (Fsp3) is 0.286. The average Bonchev–Trinajstić information content (AvgIpc) is 2.46. The van der Waals surface area contributed by atoms with Crippen LogP contribution in [-0.4, -0.2) is 46.0 Å². The normalized spacial score (nSPS) is 12.8. The van der Waals surface area contributed by atoms with Gasteiger partial charge in [0, 0.05) is 11.1 Å². The molecule has 8 nitrogen and oxygen atoms in total. The number of carboxylic acids is 2. The van der Waals surface area contributed by atoms with E-state index in [4.69, 9.17) is 10.2 Å². The Kier molecular flexibility index (Phi) is 5.62. The Morgan fingerprint density at radius 1 is 0.864 bits per heavy atom. The molecule has 1 rings (SSSR count). The number of rotatable bonds is 6. The van der Waals surface area contributed by atoms with E-state index in [2.05, 4.69) is 10.6 Å². The van der Waals surface area contributed by atoms with Crippen LogP contribution in [0, 0.1) is 0 Å². The number of carboxylic acid groups (broad SMARTS) is 2. The van der Waals surface area contributed by atoms with E-state index in [0.29, 0.717) is 0 Å². The van der Waals surface area contributed by atoms with Gasteiger partial charge in [0.05, 0.1) is 0 Å². The Morgan fingerprint density at radius 3 is 1.55 bits per heavy atom. The van der Waals surface area contributed by atoms with Crippen LogP contribution in [0.1, 0.15) is 34.6 Å². The van der Waals surface area contributed by atoms with Crippen LogP contribution < -0.4 is 10.6 Å². The lowest BCUT2D eigenvalue weighted by molar-refractivity contribution is -0.139. The van der Waals surface area contributed by atoms with Gasteiger partial charge >= 0.3 is 11.9 Å². The van der Waals surface area contributed by atoms with E-state index in [1.165, 1.54) is 38.1 Å². The first kappa shape index (κ1) is 17.2. The van der Waals surface area contributed by atoms with Crippen molar-refractivity contribution in [2.75, 3.05) is 0 Å². The molecular formula is C14H16N2O6. The highest BCUT2D eigenvalue weighted by molar-refractivity contribution is 6.01. The second kappa shape index (κ2) is 7.21. The van der Waals surface area contributed by atoms with Crippen molar-refractivity contribution in [3.8, 4) is 0 Å². The van der Waals surface area contributed by atoms with Crippen LogP contribution in [0.5, 0.6) is 0 Å². The molecule has 2 unspecified atom stereocenters. The molecule has 0 spiro atoms. The van der Waals surface area contributed by atoms with Crippen molar-refractivity contribution in [3.63, 3.8) is 0 Å². The van der Waals surface area contributed by atoms with Gasteiger partial charge in [-0.25, -0.2) is 0 Å². The first-order chi connectivity index (χ1) is 10.2. The molecule has 22 heavy (non-hydrogen) atoms. The van der Waals surface area contributed by atoms with Crippen LogP contribution in [0.25, 0.3) is 0 Å². The summed E-state index contributed by atoms with van der Waals surface area (Å²) in [5.41, 5.74) is 0.201. The summed E-state index contributed by atoms with van der Waals surface area (Å²) in [7, 11) is 0. The van der Waals surface area contributed by atoms with E-state index in [9.17, 15) is 19.2 Å². The van der Waals surface area contributed by atoms with Gasteiger partial charge < -0.3 is 20.8 Å². The maximum Gasteiger partial charge on any atom is 0.325 e. The maximum absolute atomic E-state index is 11.9. The summed E-state index contributed by atoms with van der Waals surface area (Å²) in [5, 5.41) is 22.0. The number of benzene rings is 1. The van der Waals surface area contributed by atoms with Gasteiger partial charge in [-0.2, -0.15) is 0 Å². The van der Waals surface area contributed by atoms with Crippen molar-refractivity contribution >= 4 is 23.8 Å². The second-order valence-electron chi connectivity index (χ2n) is 4.65. The van der Waals surface area contributed by atoms with Crippen LogP contribution in [0.15, 0.2) is 24.3 Å². The molecule has 0 aliphatic rings. The maximum atomic E-state index is 11.9. The number of aliphatic carboxylic acids is 2. The molecule has 0 saturated heterocycles. The smallest absolute Gasteiger partial charge is 0.325 e. The Bertz CT molecular complexity index is 564. The molecule has 0 saturated carbocycles. The standard InChI is InChI=1S/C14H16N2O6/c1-7(13(19)20)15-11(17)9-4-3-5-10(6-9)12(18)16-8(2)14(21)22/h3-8H,1-2H3,(H,15,17)(H,16,18)(H,19,20)(H,21,22). The van der Waals surface area contributed by atoms with E-state index in [-0.39, 0.29) is 11.1 Å². The number of hydrogen-bond donors (Lipinski definition) is 4. The fourth-order valence-corrected chi connectivity index (χ4v) is 1.49. The first-order valence-corrected chi connectivity index (χ1v) is 6.39. The van der Waals surface area contributed by atoms with Gasteiger partial charge in [-0.1, -0.05) is 6.07 Å². The summed E-state index contributed by atoms with van der Waals surface area (Å²) in [6, 6.07) is 3.39. The Hall–Kier alpha value is -2.90. The minimum Gasteiger partial charge on any atom is -0.480 e. The van der Waals surface area contributed by atoms with Crippen molar-refractivity contribution in [1.29, 1.82) is 0 Å². The fourth-order valence-electron chi connectivity index (χ4n) is 1.49. The van der Waals surface area contributed by atoms with Gasteiger partial charge in [-0.05, 0) is 32.0 Å². The molecule has 0 fully saturated rings. The SMILES string of the molecule is CC(NC(=O)c1cccc(C(=O)NC(C)C(=O)O)c1)C(=O)O. The first-order valence-electron chi connectivity index (χ1n) is 6.39. The molecule has 4 N–H and O–H groups in total. The Morgan fingerprint density at radius 2 is 1.23 bits per heavy atom. The summed E-state index contributed by atoms with van der Waals surface area (Å²) < 4.78 is 0. The topological polar surface area (TPSA) is 133 Å². The molecule has 0 heterocycles. The highest BCUT2D eigenvalue weighted by Crippen LogP contribution is 2.06. The number of carbonyl (C=O) groups is 4. The van der Waals surface area contributed by atoms with Crippen molar-refractivity contribution in [2.24, 2.45) is 0 Å². The predicted octanol–water partition coefficient (Wildman–Crippen LogP) is 0.0924. The van der Waals surface area contributed by atoms with E-state index in [0.717, 1.165) is 0 Å². The number of carbonyl (C=O) groups excluding carboxylic acids is 2. The summed E-state index contributed by atoms with van der Waals surface area (Å²) in [6.07, 6.45) is 0. The molecule has 0 aromatic heterocycles. The van der Waals surface area contributed by atoms with Gasteiger partial charge in [0.25, 0.3) is 11.8 Å². The number of hydrogen-bond acceptors (Lipinski definition) is 4. The third kappa shape index (κ3) is 4.58. The van der Waals surface area contributed by atoms with E-state index in [1.807, 2.05) is 0 Å². The van der Waals surface area contributed by atoms with Crippen LogP contribution in [0.4, 0.5) is 0 Å². The zero-order valence-electron chi connectivity index (χ0n) is 12.0. The average molecular weight is 308 g/mol. The predicted molar refractivity (Wildman–Crippen MR) is 75.6 cm³/mol. The highest BCUT2D eigenvalue weighted by Gasteiger charge is 2.18. The Balaban J connectivity index is 2.85. The lowest BCUT2D eigenvalue weighted by atomic mass is 10.1. The molecule has 2 amide bonds. The third-order valence-corrected chi connectivity index (χ3v) is 2.82. The molecule has 0 aliphatic heterocycles. The minimum atomic E-state index is -1.18. The largest absolute Gasteiger partial charge is 0.480 e. The quantitative estimate of drug-likeness (QED) is 0.589. The van der Waals surface area contributed by atoms with Crippen LogP contribution in [0.3, 0.4) is 0 Å². The van der Waals surface area contributed by atoms with Gasteiger partial charge in [0.1, 0.15) is 12.1 Å². The van der Waals surface area contributed by atoms with Gasteiger partial charge in [0.2, 0.25) is 0 Å². The lowest BCUT2D eigenvalue weighted by Crippen LogP contribution is -2.39. The minimum absolute atomic E-state index is 0.101. The molecule has 0 aliphatic carbocycles. The molecule has 8 heteroatoms. The Labute approximate surface area is 126 Å². The molecule has 118 valence electrons. The van der Waals surface area contributed by atoms with E-state index >= 15 is 0 Å². The molecule has 1 aromatic rings. The monoisotopic (exact) mass is 308 g/mol. The van der Waals surface area contributed by atoms with Crippen molar-refractivity contribution < 1.29 is 29.4 Å². The summed E-state index contributed by atoms with van der Waals surface area (Å²) >= 11 is 0. The van der Waals surface area contributed by atoms with Crippen LogP contribution in [0.2, 0.25) is 0 Å². The van der Waals surface area contributed by atoms with E-state index in [1.54, 1.807) is 0 Å². The van der Waals surface area contributed by atoms with Gasteiger partial charge in [-0.15, -0.1) is 0 Å². The van der Waals surface area contributed by atoms with Gasteiger partial charge in [-0.3, -0.25) is 19.2 Å². The van der Waals surface area contributed by atoms with Crippen LogP contribution >= 0.6 is 0 Å². The molecule has 1 aromatic carbocycles. The summed E-state index contributed by atoms with van der Waals surface area (Å²) in [4.78, 5) is 45.1. The van der Waals surface area contributed by atoms with E-state index < -0.39 is 35.8 Å². The van der Waals surface area contributed by atoms with Crippen molar-refractivity contribution in [2.45, 2.75) is 25.9 Å². The van der Waals surface area contributed by atoms with Crippen molar-refractivity contribution in [1.82, 2.24) is 10.6 Å². The lowest BCUT2D eigenvalue weighted by Gasteiger charge is -2.11. The third-order valence-electron chi connectivity index (χ3n) is 2.82. The number of nitrogens with one attached hydrogen (secondary N) is 2. The zero-order chi connectivity index (χ0) is 16.9. The van der Waals surface area contributed by atoms with Crippen molar-refractivity contribution in [3.05, 3.63) is 35.4 Å². The molecule has 0 radical (unpaired) electrons. The van der Waals surface area contributed by atoms with Gasteiger partial charge in [0.15, 0.2) is 0 Å². The molecule has 0 bridgehead atoms.